The molecule has 2 atom stereocenters. The van der Waals surface area contributed by atoms with Crippen LogP contribution in [0.15, 0.2) is 54.7 Å². The SMILES string of the molecule is COc1ccc2nccc(CCC[C@@H]3CCN(CC#Cc4ccc(Cl)cc4)C[C@@H]3CCC(=O)O)c2c1. The molecule has 0 amide bonds. The number of ether oxygens (including phenoxy) is 1. The van der Waals surface area contributed by atoms with Gasteiger partial charge < -0.3 is 9.84 Å². The molecule has 0 spiro atoms. The Balaban J connectivity index is 1.35. The average molecular weight is 505 g/mol. The molecule has 2 aromatic carbocycles. The highest BCUT2D eigenvalue weighted by molar-refractivity contribution is 6.30. The number of halogens is 1. The number of pyridine rings is 1. The largest absolute Gasteiger partial charge is 0.497 e. The summed E-state index contributed by atoms with van der Waals surface area (Å²) < 4.78 is 5.41. The van der Waals surface area contributed by atoms with Crippen molar-refractivity contribution < 1.29 is 14.6 Å². The van der Waals surface area contributed by atoms with Crippen molar-refractivity contribution in [3.8, 4) is 17.6 Å². The Morgan fingerprint density at radius 1 is 1.17 bits per heavy atom. The van der Waals surface area contributed by atoms with Gasteiger partial charge in [-0.05, 0) is 105 Å². The number of carboxylic acid groups (broad SMARTS) is 1. The molecule has 1 aliphatic heterocycles. The number of benzene rings is 2. The van der Waals surface area contributed by atoms with E-state index in [1.165, 1.54) is 5.56 Å². The lowest BCUT2D eigenvalue weighted by molar-refractivity contribution is -0.137. The van der Waals surface area contributed by atoms with Gasteiger partial charge in [0.15, 0.2) is 0 Å². The van der Waals surface area contributed by atoms with Crippen LogP contribution in [0.2, 0.25) is 5.02 Å². The summed E-state index contributed by atoms with van der Waals surface area (Å²) in [4.78, 5) is 18.2. The summed E-state index contributed by atoms with van der Waals surface area (Å²) in [5, 5.41) is 11.1. The maximum atomic E-state index is 11.3. The predicted molar refractivity (Wildman–Crippen MR) is 144 cm³/mol. The van der Waals surface area contributed by atoms with Crippen molar-refractivity contribution in [3.05, 3.63) is 70.9 Å². The van der Waals surface area contributed by atoms with E-state index in [9.17, 15) is 9.90 Å². The van der Waals surface area contributed by atoms with Crippen LogP contribution in [0, 0.1) is 23.7 Å². The third kappa shape index (κ3) is 7.22. The fourth-order valence-corrected chi connectivity index (χ4v) is 5.31. The topological polar surface area (TPSA) is 62.7 Å². The number of aryl methyl sites for hydroxylation is 1. The number of nitrogens with zero attached hydrogens (tertiary/aromatic N) is 2. The molecule has 1 aromatic heterocycles. The van der Waals surface area contributed by atoms with Crippen molar-refractivity contribution in [2.24, 2.45) is 11.8 Å². The van der Waals surface area contributed by atoms with Gasteiger partial charge >= 0.3 is 5.97 Å². The van der Waals surface area contributed by atoms with Gasteiger partial charge in [-0.15, -0.1) is 0 Å². The first-order valence-electron chi connectivity index (χ1n) is 12.6. The maximum absolute atomic E-state index is 11.3. The lowest BCUT2D eigenvalue weighted by atomic mass is 9.79. The van der Waals surface area contributed by atoms with Gasteiger partial charge in [0, 0.05) is 35.1 Å². The zero-order valence-electron chi connectivity index (χ0n) is 20.8. The standard InChI is InChI=1S/C30H33ClN2O3/c1-36-27-12-13-29-28(20-27)24(15-17-32-29)6-2-5-23-16-19-33(21-25(23)9-14-30(34)35)18-3-4-22-7-10-26(31)11-8-22/h7-8,10-13,15,17,20,23,25H,2,5-6,9,14,16,18-19,21H2,1H3,(H,34,35)/t23-,25+/m1/s1. The number of hydrogen-bond acceptors (Lipinski definition) is 4. The molecule has 2 heterocycles. The Morgan fingerprint density at radius 3 is 2.78 bits per heavy atom. The summed E-state index contributed by atoms with van der Waals surface area (Å²) in [6.07, 6.45) is 7.05. The van der Waals surface area contributed by atoms with E-state index in [-0.39, 0.29) is 6.42 Å². The number of likely N-dealkylation sites (tertiary alicyclic amines) is 1. The summed E-state index contributed by atoms with van der Waals surface area (Å²) >= 11 is 5.95. The third-order valence-corrected chi connectivity index (χ3v) is 7.40. The molecule has 1 saturated heterocycles. The first-order chi connectivity index (χ1) is 17.5. The smallest absolute Gasteiger partial charge is 0.303 e. The van der Waals surface area contributed by atoms with Crippen molar-refractivity contribution in [1.82, 2.24) is 9.88 Å². The number of carbonyl (C=O) groups is 1. The number of rotatable bonds is 9. The van der Waals surface area contributed by atoms with Gasteiger partial charge in [0.2, 0.25) is 0 Å². The number of hydrogen-bond donors (Lipinski definition) is 1. The fraction of sp³-hybridized carbons (Fsp3) is 0.400. The van der Waals surface area contributed by atoms with Crippen molar-refractivity contribution >= 4 is 28.5 Å². The molecular weight excluding hydrogens is 472 g/mol. The van der Waals surface area contributed by atoms with Crippen LogP contribution >= 0.6 is 11.6 Å². The molecule has 0 saturated carbocycles. The van der Waals surface area contributed by atoms with Crippen LogP contribution in [0.5, 0.6) is 5.75 Å². The molecule has 188 valence electrons. The van der Waals surface area contributed by atoms with E-state index >= 15 is 0 Å². The molecule has 3 aromatic rings. The highest BCUT2D eigenvalue weighted by Crippen LogP contribution is 2.32. The lowest BCUT2D eigenvalue weighted by Gasteiger charge is -2.38. The van der Waals surface area contributed by atoms with Crippen LogP contribution in [0.1, 0.15) is 43.2 Å². The monoisotopic (exact) mass is 504 g/mol. The summed E-state index contributed by atoms with van der Waals surface area (Å²) in [7, 11) is 1.68. The molecule has 4 rings (SSSR count). The lowest BCUT2D eigenvalue weighted by Crippen LogP contribution is -2.41. The summed E-state index contributed by atoms with van der Waals surface area (Å²) in [5.41, 5.74) is 3.23. The predicted octanol–water partition coefficient (Wildman–Crippen LogP) is 6.07. The Bertz CT molecular complexity index is 1230. The van der Waals surface area contributed by atoms with Crippen LogP contribution in [0.3, 0.4) is 0 Å². The minimum atomic E-state index is -0.717. The van der Waals surface area contributed by atoms with E-state index in [2.05, 4.69) is 33.9 Å². The highest BCUT2D eigenvalue weighted by Gasteiger charge is 2.28. The summed E-state index contributed by atoms with van der Waals surface area (Å²) in [5.74, 6) is 7.53. The first kappa shape index (κ1) is 26.0. The number of piperidine rings is 1. The molecule has 5 nitrogen and oxygen atoms in total. The number of aromatic nitrogens is 1. The van der Waals surface area contributed by atoms with E-state index < -0.39 is 5.97 Å². The van der Waals surface area contributed by atoms with E-state index in [4.69, 9.17) is 16.3 Å². The third-order valence-electron chi connectivity index (χ3n) is 7.14. The molecule has 0 unspecified atom stereocenters. The molecule has 36 heavy (non-hydrogen) atoms. The van der Waals surface area contributed by atoms with Crippen molar-refractivity contribution in [1.29, 1.82) is 0 Å². The van der Waals surface area contributed by atoms with Crippen LogP contribution in [0.25, 0.3) is 10.9 Å². The van der Waals surface area contributed by atoms with Crippen molar-refractivity contribution in [3.63, 3.8) is 0 Å². The normalized spacial score (nSPS) is 17.9. The maximum Gasteiger partial charge on any atom is 0.303 e. The second kappa shape index (κ2) is 12.8. The molecular formula is C30H33ClN2O3. The van der Waals surface area contributed by atoms with E-state index in [0.717, 1.165) is 67.4 Å². The van der Waals surface area contributed by atoms with Crippen LogP contribution < -0.4 is 4.74 Å². The zero-order chi connectivity index (χ0) is 25.3. The zero-order valence-corrected chi connectivity index (χ0v) is 21.5. The van der Waals surface area contributed by atoms with E-state index in [1.807, 2.05) is 42.6 Å². The highest BCUT2D eigenvalue weighted by atomic mass is 35.5. The van der Waals surface area contributed by atoms with Crippen molar-refractivity contribution in [2.75, 3.05) is 26.7 Å². The average Bonchev–Trinajstić information content (AvgIpc) is 2.89. The Labute approximate surface area is 218 Å². The first-order valence-corrected chi connectivity index (χ1v) is 13.0. The van der Waals surface area contributed by atoms with Crippen LogP contribution in [0.4, 0.5) is 0 Å². The van der Waals surface area contributed by atoms with Gasteiger partial charge in [0.1, 0.15) is 5.75 Å². The minimum Gasteiger partial charge on any atom is -0.497 e. The summed E-state index contributed by atoms with van der Waals surface area (Å²) in [6.45, 7) is 2.60. The van der Waals surface area contributed by atoms with Crippen molar-refractivity contribution in [2.45, 2.75) is 38.5 Å². The van der Waals surface area contributed by atoms with E-state index in [0.29, 0.717) is 23.4 Å². The molecule has 1 fully saturated rings. The summed E-state index contributed by atoms with van der Waals surface area (Å²) in [6, 6.07) is 15.7. The quantitative estimate of drug-likeness (QED) is 0.358. The van der Waals surface area contributed by atoms with E-state index in [1.54, 1.807) is 7.11 Å². The Morgan fingerprint density at radius 2 is 2.00 bits per heavy atom. The van der Waals surface area contributed by atoms with Gasteiger partial charge in [0.25, 0.3) is 0 Å². The second-order valence-electron chi connectivity index (χ2n) is 9.53. The number of methoxy groups -OCH3 is 1. The molecule has 0 aliphatic carbocycles. The molecule has 6 heteroatoms. The fourth-order valence-electron chi connectivity index (χ4n) is 5.18. The molecule has 1 aliphatic rings. The second-order valence-corrected chi connectivity index (χ2v) is 9.97. The number of carboxylic acids is 1. The Kier molecular flexibility index (Phi) is 9.22. The van der Waals surface area contributed by atoms with Gasteiger partial charge in [-0.2, -0.15) is 0 Å². The Hall–Kier alpha value is -3.07. The minimum absolute atomic E-state index is 0.222. The molecule has 0 radical (unpaired) electrons. The molecule has 0 bridgehead atoms. The molecule has 1 N–H and O–H groups in total. The van der Waals surface area contributed by atoms with Gasteiger partial charge in [-0.3, -0.25) is 14.7 Å². The van der Waals surface area contributed by atoms with Gasteiger partial charge in [-0.25, -0.2) is 0 Å². The number of aliphatic carboxylic acids is 1. The van der Waals surface area contributed by atoms with Crippen LogP contribution in [-0.2, 0) is 11.2 Å². The van der Waals surface area contributed by atoms with Crippen LogP contribution in [-0.4, -0.2) is 47.7 Å². The van der Waals surface area contributed by atoms with Gasteiger partial charge in [0.05, 0.1) is 19.2 Å². The number of fused-ring (bicyclic) bond motifs is 1. The van der Waals surface area contributed by atoms with Gasteiger partial charge in [-0.1, -0.05) is 23.4 Å².